The number of aromatic hydroxyl groups is 1. The predicted molar refractivity (Wildman–Crippen MR) is 85.2 cm³/mol. The van der Waals surface area contributed by atoms with E-state index in [-0.39, 0.29) is 6.04 Å². The fourth-order valence-corrected chi connectivity index (χ4v) is 2.50. The molecule has 0 aliphatic rings. The van der Waals surface area contributed by atoms with Crippen molar-refractivity contribution < 1.29 is 5.11 Å². The topological polar surface area (TPSA) is 66.5 Å². The van der Waals surface area contributed by atoms with E-state index in [0.717, 1.165) is 17.9 Å². The zero-order valence-corrected chi connectivity index (χ0v) is 12.9. The van der Waals surface area contributed by atoms with E-state index in [4.69, 9.17) is 0 Å². The molecule has 2 aromatic heterocycles. The van der Waals surface area contributed by atoms with Crippen molar-refractivity contribution in [2.45, 2.75) is 26.3 Å². The van der Waals surface area contributed by atoms with E-state index in [1.807, 2.05) is 32.2 Å². The van der Waals surface area contributed by atoms with Crippen LogP contribution in [0, 0.1) is 6.92 Å². The molecule has 3 rings (SSSR count). The molecule has 1 atom stereocenters. The molecule has 1 unspecified atom stereocenters. The van der Waals surface area contributed by atoms with Crippen LogP contribution in [0.4, 0.5) is 5.82 Å². The maximum Gasteiger partial charge on any atom is 0.254 e. The Morgan fingerprint density at radius 3 is 2.73 bits per heavy atom. The lowest BCUT2D eigenvalue weighted by Crippen LogP contribution is -2.32. The van der Waals surface area contributed by atoms with E-state index in [1.165, 1.54) is 11.9 Å². The summed E-state index contributed by atoms with van der Waals surface area (Å²) >= 11 is 0. The lowest BCUT2D eigenvalue weighted by atomic mass is 10.1. The number of rotatable bonds is 4. The number of aryl methyl sites for hydroxylation is 1. The van der Waals surface area contributed by atoms with Gasteiger partial charge in [-0.3, -0.25) is 0 Å². The van der Waals surface area contributed by atoms with Crippen molar-refractivity contribution in [1.82, 2.24) is 19.6 Å². The van der Waals surface area contributed by atoms with E-state index < -0.39 is 0 Å². The molecular weight excluding hydrogens is 278 g/mol. The highest BCUT2D eigenvalue weighted by Gasteiger charge is 2.15. The molecule has 1 aromatic carbocycles. The molecule has 6 nitrogen and oxygen atoms in total. The number of benzene rings is 1. The van der Waals surface area contributed by atoms with Crippen LogP contribution in [0.25, 0.3) is 5.78 Å². The summed E-state index contributed by atoms with van der Waals surface area (Å²) in [6, 6.07) is 9.60. The first-order valence-electron chi connectivity index (χ1n) is 7.22. The predicted octanol–water partition coefficient (Wildman–Crippen LogP) is 2.21. The van der Waals surface area contributed by atoms with Crippen LogP contribution in [0.1, 0.15) is 18.2 Å². The molecule has 0 bridgehead atoms. The van der Waals surface area contributed by atoms with E-state index in [9.17, 15) is 5.11 Å². The minimum atomic E-state index is 0.263. The molecule has 1 N–H and O–H groups in total. The Morgan fingerprint density at radius 2 is 2.00 bits per heavy atom. The van der Waals surface area contributed by atoms with Gasteiger partial charge in [0.1, 0.15) is 17.9 Å². The molecule has 0 saturated carbocycles. The molecular formula is C16H19N5O. The minimum Gasteiger partial charge on any atom is -0.508 e. The Hall–Kier alpha value is -2.63. The fourth-order valence-electron chi connectivity index (χ4n) is 2.50. The second kappa shape index (κ2) is 5.63. The molecule has 2 heterocycles. The summed E-state index contributed by atoms with van der Waals surface area (Å²) in [6.45, 7) is 4.11. The average molecular weight is 297 g/mol. The van der Waals surface area contributed by atoms with E-state index >= 15 is 0 Å². The highest BCUT2D eigenvalue weighted by atomic mass is 16.3. The van der Waals surface area contributed by atoms with Crippen molar-refractivity contribution in [3.8, 4) is 5.75 Å². The summed E-state index contributed by atoms with van der Waals surface area (Å²) in [7, 11) is 2.04. The third kappa shape index (κ3) is 2.72. The number of phenolic OH excluding ortho intramolecular Hbond substituents is 1. The van der Waals surface area contributed by atoms with Gasteiger partial charge in [0.05, 0.1) is 0 Å². The number of anilines is 1. The van der Waals surface area contributed by atoms with Crippen LogP contribution in [0.5, 0.6) is 5.75 Å². The van der Waals surface area contributed by atoms with Gasteiger partial charge in [-0.15, -0.1) is 0 Å². The maximum atomic E-state index is 9.37. The fraction of sp³-hybridized carbons (Fsp3) is 0.312. The first kappa shape index (κ1) is 14.3. The molecule has 0 spiro atoms. The number of aromatic nitrogens is 4. The monoisotopic (exact) mass is 297 g/mol. The van der Waals surface area contributed by atoms with Crippen molar-refractivity contribution in [1.29, 1.82) is 0 Å². The quantitative estimate of drug-likeness (QED) is 0.799. The van der Waals surface area contributed by atoms with Crippen LogP contribution in [-0.4, -0.2) is 37.8 Å². The molecule has 22 heavy (non-hydrogen) atoms. The summed E-state index contributed by atoms with van der Waals surface area (Å²) in [4.78, 5) is 10.7. The summed E-state index contributed by atoms with van der Waals surface area (Å²) in [5.41, 5.74) is 2.09. The van der Waals surface area contributed by atoms with Crippen LogP contribution in [0.15, 0.2) is 36.7 Å². The molecule has 0 aliphatic heterocycles. The van der Waals surface area contributed by atoms with Gasteiger partial charge >= 0.3 is 0 Å². The van der Waals surface area contributed by atoms with Crippen molar-refractivity contribution in [3.05, 3.63) is 47.9 Å². The summed E-state index contributed by atoms with van der Waals surface area (Å²) in [5.74, 6) is 1.86. The van der Waals surface area contributed by atoms with Crippen LogP contribution in [0.2, 0.25) is 0 Å². The first-order chi connectivity index (χ1) is 10.5. The SMILES string of the molecule is Cc1cc(N(C)C(C)Cc2ccc(O)cc2)n2ncnc2n1. The average Bonchev–Trinajstić information content (AvgIpc) is 2.96. The highest BCUT2D eigenvalue weighted by Crippen LogP contribution is 2.19. The number of hydrogen-bond donors (Lipinski definition) is 1. The van der Waals surface area contributed by atoms with Gasteiger partial charge in [0.15, 0.2) is 0 Å². The van der Waals surface area contributed by atoms with Crippen molar-refractivity contribution >= 4 is 11.6 Å². The van der Waals surface area contributed by atoms with Crippen LogP contribution < -0.4 is 4.90 Å². The Morgan fingerprint density at radius 1 is 1.27 bits per heavy atom. The minimum absolute atomic E-state index is 0.263. The molecule has 6 heteroatoms. The third-order valence-electron chi connectivity index (χ3n) is 3.85. The number of hydrogen-bond acceptors (Lipinski definition) is 5. The van der Waals surface area contributed by atoms with Gasteiger partial charge in [0, 0.05) is 24.8 Å². The van der Waals surface area contributed by atoms with Gasteiger partial charge in [-0.05, 0) is 38.0 Å². The third-order valence-corrected chi connectivity index (χ3v) is 3.85. The van der Waals surface area contributed by atoms with Gasteiger partial charge in [-0.1, -0.05) is 12.1 Å². The van der Waals surface area contributed by atoms with Crippen LogP contribution in [0.3, 0.4) is 0 Å². The van der Waals surface area contributed by atoms with Gasteiger partial charge in [0.2, 0.25) is 0 Å². The second-order valence-corrected chi connectivity index (χ2v) is 5.56. The van der Waals surface area contributed by atoms with E-state index in [1.54, 1.807) is 16.6 Å². The lowest BCUT2D eigenvalue weighted by Gasteiger charge is -2.27. The maximum absolute atomic E-state index is 9.37. The number of likely N-dealkylation sites (N-methyl/N-ethyl adjacent to an activating group) is 1. The molecule has 0 fully saturated rings. The molecule has 0 aliphatic carbocycles. The standard InChI is InChI=1S/C16H19N5O/c1-11-8-15(21-16(19-11)17-10-18-21)20(3)12(2)9-13-4-6-14(22)7-5-13/h4-8,10,12,22H,9H2,1-3H3. The van der Waals surface area contributed by atoms with Gasteiger partial charge < -0.3 is 10.0 Å². The van der Waals surface area contributed by atoms with Crippen LogP contribution >= 0.6 is 0 Å². The van der Waals surface area contributed by atoms with Gasteiger partial charge in [-0.25, -0.2) is 4.98 Å². The van der Waals surface area contributed by atoms with Gasteiger partial charge in [-0.2, -0.15) is 14.6 Å². The smallest absolute Gasteiger partial charge is 0.254 e. The summed E-state index contributed by atoms with van der Waals surface area (Å²) in [5, 5.41) is 13.6. The normalized spacial score (nSPS) is 12.5. The Labute approximate surface area is 129 Å². The van der Waals surface area contributed by atoms with Crippen LogP contribution in [-0.2, 0) is 6.42 Å². The summed E-state index contributed by atoms with van der Waals surface area (Å²) in [6.07, 6.45) is 2.39. The lowest BCUT2D eigenvalue weighted by molar-refractivity contribution is 0.475. The molecule has 0 saturated heterocycles. The molecule has 0 radical (unpaired) electrons. The number of fused-ring (bicyclic) bond motifs is 1. The summed E-state index contributed by atoms with van der Waals surface area (Å²) < 4.78 is 1.75. The number of phenols is 1. The molecule has 114 valence electrons. The largest absolute Gasteiger partial charge is 0.508 e. The Kier molecular flexibility index (Phi) is 3.66. The van der Waals surface area contributed by atoms with Crippen molar-refractivity contribution in [2.75, 3.05) is 11.9 Å². The highest BCUT2D eigenvalue weighted by molar-refractivity contribution is 5.47. The van der Waals surface area contributed by atoms with E-state index in [2.05, 4.69) is 26.9 Å². The Balaban J connectivity index is 1.86. The van der Waals surface area contributed by atoms with Gasteiger partial charge in [0.25, 0.3) is 5.78 Å². The second-order valence-electron chi connectivity index (χ2n) is 5.56. The van der Waals surface area contributed by atoms with Crippen molar-refractivity contribution in [2.24, 2.45) is 0 Å². The number of nitrogens with zero attached hydrogens (tertiary/aromatic N) is 5. The zero-order valence-electron chi connectivity index (χ0n) is 12.9. The van der Waals surface area contributed by atoms with Crippen molar-refractivity contribution in [3.63, 3.8) is 0 Å². The first-order valence-corrected chi connectivity index (χ1v) is 7.22. The Bertz CT molecular complexity index is 781. The van der Waals surface area contributed by atoms with E-state index in [0.29, 0.717) is 11.5 Å². The molecule has 3 aromatic rings. The zero-order chi connectivity index (χ0) is 15.7. The molecule has 0 amide bonds.